The molecule has 1 unspecified atom stereocenters. The third-order valence-corrected chi connectivity index (χ3v) is 5.61. The van der Waals surface area contributed by atoms with Crippen molar-refractivity contribution >= 4 is 40.3 Å². The van der Waals surface area contributed by atoms with Gasteiger partial charge in [-0.2, -0.15) is 0 Å². The highest BCUT2D eigenvalue weighted by molar-refractivity contribution is 6.42. The van der Waals surface area contributed by atoms with Crippen molar-refractivity contribution in [1.82, 2.24) is 0 Å². The van der Waals surface area contributed by atoms with Crippen LogP contribution in [-0.2, 0) is 5.54 Å². The average molecular weight is 417 g/mol. The Kier molecular flexibility index (Phi) is 4.86. The van der Waals surface area contributed by atoms with E-state index in [-0.39, 0.29) is 11.6 Å². The van der Waals surface area contributed by atoms with Crippen molar-refractivity contribution < 1.29 is 8.78 Å². The standard InChI is InChI=1S/C22H16Cl2F2N2/c1-22(14-4-8-16(26)9-5-14)12-21(13-2-6-15(25)7-3-13)27-19-10-17(23)18(24)11-20(19)28-22/h2-11,28H,12H2,1H3. The number of nitrogens with one attached hydrogen (secondary N) is 1. The molecule has 0 aromatic heterocycles. The van der Waals surface area contributed by atoms with E-state index < -0.39 is 5.54 Å². The van der Waals surface area contributed by atoms with Crippen LogP contribution in [-0.4, -0.2) is 5.71 Å². The van der Waals surface area contributed by atoms with Crippen LogP contribution in [0.2, 0.25) is 10.0 Å². The van der Waals surface area contributed by atoms with E-state index >= 15 is 0 Å². The largest absolute Gasteiger partial charge is 0.374 e. The van der Waals surface area contributed by atoms with E-state index in [1.165, 1.54) is 24.3 Å². The summed E-state index contributed by atoms with van der Waals surface area (Å²) in [6.07, 6.45) is 0.494. The lowest BCUT2D eigenvalue weighted by molar-refractivity contribution is 0.566. The van der Waals surface area contributed by atoms with Gasteiger partial charge in [0, 0.05) is 6.42 Å². The zero-order chi connectivity index (χ0) is 19.9. The highest BCUT2D eigenvalue weighted by atomic mass is 35.5. The van der Waals surface area contributed by atoms with Crippen LogP contribution in [0.25, 0.3) is 0 Å². The van der Waals surface area contributed by atoms with Gasteiger partial charge in [0.1, 0.15) is 11.6 Å². The number of benzene rings is 3. The molecule has 1 heterocycles. The fraction of sp³-hybridized carbons (Fsp3) is 0.136. The molecule has 28 heavy (non-hydrogen) atoms. The van der Waals surface area contributed by atoms with Gasteiger partial charge in [0.25, 0.3) is 0 Å². The Morgan fingerprint density at radius 1 is 0.893 bits per heavy atom. The van der Waals surface area contributed by atoms with Crippen molar-refractivity contribution in [2.45, 2.75) is 18.9 Å². The van der Waals surface area contributed by atoms with Gasteiger partial charge in [0.15, 0.2) is 0 Å². The van der Waals surface area contributed by atoms with Gasteiger partial charge in [-0.05, 0) is 54.4 Å². The summed E-state index contributed by atoms with van der Waals surface area (Å²) in [7, 11) is 0. The topological polar surface area (TPSA) is 24.4 Å². The van der Waals surface area contributed by atoms with Gasteiger partial charge in [0.2, 0.25) is 0 Å². The van der Waals surface area contributed by atoms with Crippen LogP contribution in [0.4, 0.5) is 20.2 Å². The van der Waals surface area contributed by atoms with Crippen molar-refractivity contribution in [3.8, 4) is 0 Å². The SMILES string of the molecule is CC1(c2ccc(F)cc2)CC(c2ccc(F)cc2)=Nc2cc(Cl)c(Cl)cc2N1. The Morgan fingerprint density at radius 3 is 2.11 bits per heavy atom. The molecule has 2 nitrogen and oxygen atoms in total. The van der Waals surface area contributed by atoms with Crippen molar-refractivity contribution in [3.63, 3.8) is 0 Å². The number of nitrogens with zero attached hydrogens (tertiary/aromatic N) is 1. The van der Waals surface area contributed by atoms with E-state index in [4.69, 9.17) is 28.2 Å². The van der Waals surface area contributed by atoms with Gasteiger partial charge in [0.05, 0.1) is 32.7 Å². The number of halogens is 4. The van der Waals surface area contributed by atoms with Crippen LogP contribution >= 0.6 is 23.2 Å². The molecule has 0 aliphatic carbocycles. The van der Waals surface area contributed by atoms with Crippen molar-refractivity contribution in [2.75, 3.05) is 5.32 Å². The van der Waals surface area contributed by atoms with Gasteiger partial charge in [-0.15, -0.1) is 0 Å². The van der Waals surface area contributed by atoms with Crippen molar-refractivity contribution in [3.05, 3.63) is 93.5 Å². The maximum Gasteiger partial charge on any atom is 0.123 e. The third-order valence-electron chi connectivity index (χ3n) is 4.88. The first-order chi connectivity index (χ1) is 13.3. The number of rotatable bonds is 2. The second kappa shape index (κ2) is 7.19. The fourth-order valence-corrected chi connectivity index (χ4v) is 3.71. The molecule has 0 spiro atoms. The molecule has 0 amide bonds. The minimum Gasteiger partial charge on any atom is -0.374 e. The molecular weight excluding hydrogens is 401 g/mol. The molecule has 142 valence electrons. The summed E-state index contributed by atoms with van der Waals surface area (Å²) in [5.74, 6) is -0.615. The number of fused-ring (bicyclic) bond motifs is 1. The number of hydrogen-bond donors (Lipinski definition) is 1. The third kappa shape index (κ3) is 3.62. The van der Waals surface area contributed by atoms with Gasteiger partial charge in [-0.3, -0.25) is 4.99 Å². The summed E-state index contributed by atoms with van der Waals surface area (Å²) < 4.78 is 26.9. The molecule has 0 saturated carbocycles. The van der Waals surface area contributed by atoms with E-state index in [2.05, 4.69) is 5.32 Å². The van der Waals surface area contributed by atoms with Crippen LogP contribution in [0.1, 0.15) is 24.5 Å². The number of anilines is 1. The summed E-state index contributed by atoms with van der Waals surface area (Å²) in [5.41, 5.74) is 3.22. The molecule has 1 N–H and O–H groups in total. The lowest BCUT2D eigenvalue weighted by atomic mass is 9.85. The molecule has 0 bridgehead atoms. The quantitative estimate of drug-likeness (QED) is 0.472. The van der Waals surface area contributed by atoms with Gasteiger partial charge in [-0.1, -0.05) is 47.5 Å². The lowest BCUT2D eigenvalue weighted by Crippen LogP contribution is -2.34. The summed E-state index contributed by atoms with van der Waals surface area (Å²) in [6.45, 7) is 2.01. The second-order valence-corrected chi connectivity index (χ2v) is 7.80. The molecule has 0 radical (unpaired) electrons. The smallest absolute Gasteiger partial charge is 0.123 e. The zero-order valence-corrected chi connectivity index (χ0v) is 16.5. The molecule has 3 aromatic rings. The molecule has 0 saturated heterocycles. The van der Waals surface area contributed by atoms with Crippen LogP contribution < -0.4 is 5.32 Å². The first-order valence-electron chi connectivity index (χ1n) is 8.71. The van der Waals surface area contributed by atoms with Gasteiger partial charge in [-0.25, -0.2) is 8.78 Å². The second-order valence-electron chi connectivity index (χ2n) is 6.99. The lowest BCUT2D eigenvalue weighted by Gasteiger charge is -2.32. The van der Waals surface area contributed by atoms with Gasteiger partial charge >= 0.3 is 0 Å². The van der Waals surface area contributed by atoms with Gasteiger partial charge < -0.3 is 5.32 Å². The Hall–Kier alpha value is -2.43. The van der Waals surface area contributed by atoms with Crippen molar-refractivity contribution in [1.29, 1.82) is 0 Å². The predicted octanol–water partition coefficient (Wildman–Crippen LogP) is 7.12. The van der Waals surface area contributed by atoms with E-state index in [1.807, 2.05) is 6.92 Å². The number of hydrogen-bond acceptors (Lipinski definition) is 2. The summed E-state index contributed by atoms with van der Waals surface area (Å²) >= 11 is 12.4. The molecule has 6 heteroatoms. The Bertz CT molecular complexity index is 1060. The van der Waals surface area contributed by atoms with E-state index in [9.17, 15) is 8.78 Å². The average Bonchev–Trinajstić information content (AvgIpc) is 2.80. The maximum absolute atomic E-state index is 13.5. The molecule has 0 fully saturated rings. The molecule has 3 aromatic carbocycles. The monoisotopic (exact) mass is 416 g/mol. The molecule has 1 aliphatic heterocycles. The zero-order valence-electron chi connectivity index (χ0n) is 14.9. The summed E-state index contributed by atoms with van der Waals surface area (Å²) in [4.78, 5) is 4.79. The summed E-state index contributed by atoms with van der Waals surface area (Å²) in [6, 6.07) is 16.0. The first-order valence-corrected chi connectivity index (χ1v) is 9.46. The van der Waals surface area contributed by atoms with E-state index in [0.29, 0.717) is 22.2 Å². The van der Waals surface area contributed by atoms with Crippen LogP contribution in [0, 0.1) is 11.6 Å². The Balaban J connectivity index is 1.89. The normalized spacial score (nSPS) is 18.7. The van der Waals surface area contributed by atoms with Crippen LogP contribution in [0.5, 0.6) is 0 Å². The highest BCUT2D eigenvalue weighted by Gasteiger charge is 2.32. The highest BCUT2D eigenvalue weighted by Crippen LogP contribution is 2.42. The predicted molar refractivity (Wildman–Crippen MR) is 111 cm³/mol. The summed E-state index contributed by atoms with van der Waals surface area (Å²) in [5, 5.41) is 4.31. The Morgan fingerprint density at radius 2 is 1.46 bits per heavy atom. The van der Waals surface area contributed by atoms with Crippen molar-refractivity contribution in [2.24, 2.45) is 4.99 Å². The maximum atomic E-state index is 13.5. The van der Waals surface area contributed by atoms with E-state index in [0.717, 1.165) is 22.5 Å². The van der Waals surface area contributed by atoms with E-state index in [1.54, 1.807) is 36.4 Å². The molecule has 4 rings (SSSR count). The van der Waals surface area contributed by atoms with Crippen LogP contribution in [0.15, 0.2) is 65.7 Å². The fourth-order valence-electron chi connectivity index (χ4n) is 3.39. The minimum absolute atomic E-state index is 0.302. The molecular formula is C22H16Cl2F2N2. The van der Waals surface area contributed by atoms with Crippen LogP contribution in [0.3, 0.4) is 0 Å². The Labute approximate surface area is 171 Å². The number of aliphatic imine (C=N–C) groups is 1. The first kappa shape index (κ1) is 18.9. The molecule has 1 aliphatic rings. The minimum atomic E-state index is -0.594. The molecule has 1 atom stereocenters.